The highest BCUT2D eigenvalue weighted by Crippen LogP contribution is 2.23. The Bertz CT molecular complexity index is 857. The number of halogens is 1. The largest absolute Gasteiger partial charge is 0.465 e. The van der Waals surface area contributed by atoms with Gasteiger partial charge in [0.15, 0.2) is 0 Å². The quantitative estimate of drug-likeness (QED) is 0.787. The molecule has 0 saturated heterocycles. The maximum absolute atomic E-state index is 12.7. The van der Waals surface area contributed by atoms with Crippen LogP contribution in [0.3, 0.4) is 0 Å². The molecule has 1 amide bonds. The van der Waals surface area contributed by atoms with Gasteiger partial charge in [0.05, 0.1) is 0 Å². The molecule has 2 aromatic heterocycles. The summed E-state index contributed by atoms with van der Waals surface area (Å²) in [6, 6.07) is 4.70. The third kappa shape index (κ3) is 4.40. The molecule has 0 spiro atoms. The molecule has 0 unspecified atom stereocenters. The number of rotatable bonds is 5. The third-order valence-electron chi connectivity index (χ3n) is 3.65. The Morgan fingerprint density at radius 3 is 2.60 bits per heavy atom. The van der Waals surface area contributed by atoms with Crippen molar-refractivity contribution in [1.82, 2.24) is 13.9 Å². The maximum atomic E-state index is 12.7. The van der Waals surface area contributed by atoms with Gasteiger partial charge in [-0.2, -0.15) is 0 Å². The summed E-state index contributed by atoms with van der Waals surface area (Å²) in [7, 11) is -3.75. The topological polar surface area (TPSA) is 92.5 Å². The van der Waals surface area contributed by atoms with Crippen molar-refractivity contribution in [2.75, 3.05) is 6.54 Å². The molecule has 0 aromatic carbocycles. The molecule has 0 bridgehead atoms. The molecular weight excluding hydrogens is 410 g/mol. The SMILES string of the molecule is CC(C)(C)N(CCc1cc(Br)n(S(=O)(=O)c2cccnc2)c1)C(=O)O. The number of nitrogens with zero attached hydrogens (tertiary/aromatic N) is 3. The molecule has 25 heavy (non-hydrogen) atoms. The smallest absolute Gasteiger partial charge is 0.407 e. The van der Waals surface area contributed by atoms with Gasteiger partial charge in [-0.3, -0.25) is 4.98 Å². The predicted octanol–water partition coefficient (Wildman–Crippen LogP) is 3.20. The number of hydrogen-bond acceptors (Lipinski definition) is 4. The van der Waals surface area contributed by atoms with Crippen molar-refractivity contribution in [3.8, 4) is 0 Å². The molecular formula is C16H20BrN3O4S. The van der Waals surface area contributed by atoms with Gasteiger partial charge >= 0.3 is 6.09 Å². The first-order valence-electron chi connectivity index (χ1n) is 7.56. The van der Waals surface area contributed by atoms with Crippen molar-refractivity contribution in [3.63, 3.8) is 0 Å². The number of carbonyl (C=O) groups is 1. The van der Waals surface area contributed by atoms with Gasteiger partial charge < -0.3 is 10.0 Å². The molecule has 0 saturated carbocycles. The van der Waals surface area contributed by atoms with E-state index in [2.05, 4.69) is 20.9 Å². The second-order valence-corrected chi connectivity index (χ2v) is 9.14. The lowest BCUT2D eigenvalue weighted by Gasteiger charge is -2.33. The van der Waals surface area contributed by atoms with Crippen LogP contribution in [0.15, 0.2) is 46.3 Å². The van der Waals surface area contributed by atoms with Crippen LogP contribution in [0, 0.1) is 0 Å². The molecule has 7 nitrogen and oxygen atoms in total. The van der Waals surface area contributed by atoms with Gasteiger partial charge in [0.2, 0.25) is 0 Å². The van der Waals surface area contributed by atoms with Crippen LogP contribution in [0.5, 0.6) is 0 Å². The lowest BCUT2D eigenvalue weighted by molar-refractivity contribution is 0.101. The summed E-state index contributed by atoms with van der Waals surface area (Å²) in [6.07, 6.45) is 3.68. The van der Waals surface area contributed by atoms with Crippen LogP contribution in [-0.2, 0) is 16.4 Å². The molecule has 0 atom stereocenters. The number of pyridine rings is 1. The van der Waals surface area contributed by atoms with Crippen LogP contribution in [0.25, 0.3) is 0 Å². The van der Waals surface area contributed by atoms with Gasteiger partial charge in [0.1, 0.15) is 9.50 Å². The standard InChI is InChI=1S/C16H20BrN3O4S/c1-16(2,3)19(15(21)22)8-6-12-9-14(17)20(11-12)25(23,24)13-5-4-7-18-10-13/h4-5,7,9-11H,6,8H2,1-3H3,(H,21,22). The van der Waals surface area contributed by atoms with Gasteiger partial charge in [0.25, 0.3) is 10.0 Å². The van der Waals surface area contributed by atoms with Crippen LogP contribution >= 0.6 is 15.9 Å². The highest BCUT2D eigenvalue weighted by molar-refractivity contribution is 9.10. The van der Waals surface area contributed by atoms with Crippen LogP contribution in [-0.4, -0.2) is 45.6 Å². The monoisotopic (exact) mass is 429 g/mol. The fraction of sp³-hybridized carbons (Fsp3) is 0.375. The van der Waals surface area contributed by atoms with Crippen molar-refractivity contribution in [3.05, 3.63) is 47.0 Å². The Morgan fingerprint density at radius 2 is 2.08 bits per heavy atom. The highest BCUT2D eigenvalue weighted by Gasteiger charge is 2.26. The average Bonchev–Trinajstić information content (AvgIpc) is 2.88. The minimum atomic E-state index is -3.75. The molecule has 0 fully saturated rings. The first-order chi connectivity index (χ1) is 11.5. The minimum Gasteiger partial charge on any atom is -0.465 e. The third-order valence-corrected chi connectivity index (χ3v) is 6.16. The molecule has 2 heterocycles. The summed E-state index contributed by atoms with van der Waals surface area (Å²) in [5.74, 6) is 0. The first kappa shape index (κ1) is 19.5. The summed E-state index contributed by atoms with van der Waals surface area (Å²) < 4.78 is 26.8. The van der Waals surface area contributed by atoms with E-state index in [1.165, 1.54) is 29.6 Å². The van der Waals surface area contributed by atoms with E-state index < -0.39 is 21.7 Å². The van der Waals surface area contributed by atoms with Crippen LogP contribution < -0.4 is 0 Å². The van der Waals surface area contributed by atoms with E-state index in [-0.39, 0.29) is 11.4 Å². The summed E-state index contributed by atoms with van der Waals surface area (Å²) >= 11 is 3.26. The minimum absolute atomic E-state index is 0.0831. The van der Waals surface area contributed by atoms with Gasteiger partial charge in [-0.1, -0.05) is 0 Å². The van der Waals surface area contributed by atoms with Gasteiger partial charge in [-0.05, 0) is 66.9 Å². The molecule has 1 N–H and O–H groups in total. The normalized spacial score (nSPS) is 12.2. The second-order valence-electron chi connectivity index (χ2n) is 6.52. The molecule has 0 radical (unpaired) electrons. The molecule has 2 rings (SSSR count). The van der Waals surface area contributed by atoms with E-state index in [1.807, 2.05) is 20.8 Å². The Hall–Kier alpha value is -1.87. The van der Waals surface area contributed by atoms with E-state index in [0.717, 1.165) is 9.54 Å². The highest BCUT2D eigenvalue weighted by atomic mass is 79.9. The van der Waals surface area contributed by atoms with E-state index in [9.17, 15) is 18.3 Å². The zero-order chi connectivity index (χ0) is 18.8. The summed E-state index contributed by atoms with van der Waals surface area (Å²) in [5, 5.41) is 9.33. The molecule has 136 valence electrons. The van der Waals surface area contributed by atoms with Gasteiger partial charge in [0, 0.05) is 30.7 Å². The number of carboxylic acid groups (broad SMARTS) is 1. The lowest BCUT2D eigenvalue weighted by Crippen LogP contribution is -2.45. The molecule has 2 aromatic rings. The van der Waals surface area contributed by atoms with Crippen molar-refractivity contribution in [1.29, 1.82) is 0 Å². The number of hydrogen-bond donors (Lipinski definition) is 1. The zero-order valence-corrected chi connectivity index (χ0v) is 16.6. The Kier molecular flexibility index (Phi) is 5.58. The second kappa shape index (κ2) is 7.17. The Balaban J connectivity index is 2.25. The molecule has 0 aliphatic heterocycles. The first-order valence-corrected chi connectivity index (χ1v) is 9.80. The van der Waals surface area contributed by atoms with Crippen molar-refractivity contribution in [2.24, 2.45) is 0 Å². The maximum Gasteiger partial charge on any atom is 0.407 e. The van der Waals surface area contributed by atoms with Gasteiger partial charge in [-0.15, -0.1) is 0 Å². The van der Waals surface area contributed by atoms with Gasteiger partial charge in [-0.25, -0.2) is 17.2 Å². The van der Waals surface area contributed by atoms with E-state index in [4.69, 9.17) is 0 Å². The summed E-state index contributed by atoms with van der Waals surface area (Å²) in [6.45, 7) is 5.71. The van der Waals surface area contributed by atoms with Crippen LogP contribution in [0.2, 0.25) is 0 Å². The van der Waals surface area contributed by atoms with E-state index >= 15 is 0 Å². The average molecular weight is 430 g/mol. The Labute approximate surface area is 155 Å². The van der Waals surface area contributed by atoms with E-state index in [0.29, 0.717) is 11.0 Å². The fourth-order valence-corrected chi connectivity index (χ4v) is 4.56. The zero-order valence-electron chi connectivity index (χ0n) is 14.2. The number of amides is 1. The number of aromatic nitrogens is 2. The Morgan fingerprint density at radius 1 is 1.40 bits per heavy atom. The summed E-state index contributed by atoms with van der Waals surface area (Å²) in [4.78, 5) is 16.6. The molecule has 0 aliphatic rings. The van der Waals surface area contributed by atoms with Crippen molar-refractivity contribution >= 4 is 32.0 Å². The van der Waals surface area contributed by atoms with Crippen LogP contribution in [0.1, 0.15) is 26.3 Å². The molecule has 0 aliphatic carbocycles. The van der Waals surface area contributed by atoms with Crippen LogP contribution in [0.4, 0.5) is 4.79 Å². The van der Waals surface area contributed by atoms with Crippen molar-refractivity contribution in [2.45, 2.75) is 37.6 Å². The predicted molar refractivity (Wildman–Crippen MR) is 97.1 cm³/mol. The molecule has 9 heteroatoms. The lowest BCUT2D eigenvalue weighted by atomic mass is 10.1. The van der Waals surface area contributed by atoms with Crippen molar-refractivity contribution < 1.29 is 18.3 Å². The summed E-state index contributed by atoms with van der Waals surface area (Å²) in [5.41, 5.74) is 0.183. The fourth-order valence-electron chi connectivity index (χ4n) is 2.36. The van der Waals surface area contributed by atoms with E-state index in [1.54, 1.807) is 12.1 Å².